The molecule has 1 saturated heterocycles. The van der Waals surface area contributed by atoms with E-state index in [2.05, 4.69) is 0 Å². The van der Waals surface area contributed by atoms with Crippen molar-refractivity contribution in [2.75, 3.05) is 10.6 Å². The molecule has 2 unspecified atom stereocenters. The van der Waals surface area contributed by atoms with E-state index in [1.165, 1.54) is 4.90 Å². The number of hydrogen-bond donors (Lipinski definition) is 1. The van der Waals surface area contributed by atoms with Crippen molar-refractivity contribution in [3.8, 4) is 0 Å². The number of anilines is 2. The number of imide groups is 1. The van der Waals surface area contributed by atoms with Crippen LogP contribution in [0.4, 0.5) is 11.4 Å². The van der Waals surface area contributed by atoms with Gasteiger partial charge in [-0.05, 0) is 43.9 Å². The van der Waals surface area contributed by atoms with Crippen LogP contribution in [0.2, 0.25) is 0 Å². The van der Waals surface area contributed by atoms with Crippen LogP contribution >= 0.6 is 0 Å². The van der Waals surface area contributed by atoms with Crippen molar-refractivity contribution >= 4 is 23.2 Å². The lowest BCUT2D eigenvalue weighted by molar-refractivity contribution is -0.133. The quantitative estimate of drug-likeness (QED) is 0.606. The van der Waals surface area contributed by atoms with Gasteiger partial charge < -0.3 is 5.73 Å². The van der Waals surface area contributed by atoms with Crippen molar-refractivity contribution in [3.05, 3.63) is 23.8 Å². The molecule has 1 aromatic carbocycles. The van der Waals surface area contributed by atoms with Crippen molar-refractivity contribution in [2.24, 2.45) is 11.8 Å². The Labute approximate surface area is 106 Å². The lowest BCUT2D eigenvalue weighted by Gasteiger charge is -2.30. The van der Waals surface area contributed by atoms with Gasteiger partial charge in [0.25, 0.3) is 0 Å². The molecule has 3 rings (SSSR count). The predicted molar refractivity (Wildman–Crippen MR) is 68.9 cm³/mol. The van der Waals surface area contributed by atoms with Gasteiger partial charge in [0.1, 0.15) is 0 Å². The molecule has 2 atom stereocenters. The van der Waals surface area contributed by atoms with Crippen molar-refractivity contribution in [2.45, 2.75) is 26.2 Å². The SMILES string of the molecule is Cc1c(N)cccc1N1C(=O)C2CCC(C2)C1=O. The highest BCUT2D eigenvalue weighted by molar-refractivity contribution is 6.19. The molecule has 0 aromatic heterocycles. The molecular formula is C14H16N2O2. The average molecular weight is 244 g/mol. The van der Waals surface area contributed by atoms with Crippen LogP contribution in [0.5, 0.6) is 0 Å². The van der Waals surface area contributed by atoms with Crippen molar-refractivity contribution in [3.63, 3.8) is 0 Å². The molecule has 1 heterocycles. The topological polar surface area (TPSA) is 63.4 Å². The summed E-state index contributed by atoms with van der Waals surface area (Å²) < 4.78 is 0. The van der Waals surface area contributed by atoms with E-state index in [1.807, 2.05) is 6.92 Å². The third kappa shape index (κ3) is 1.45. The number of rotatable bonds is 1. The first-order valence-corrected chi connectivity index (χ1v) is 6.32. The van der Waals surface area contributed by atoms with Gasteiger partial charge in [-0.25, -0.2) is 4.90 Å². The Bertz CT molecular complexity index is 517. The summed E-state index contributed by atoms with van der Waals surface area (Å²) in [4.78, 5) is 26.0. The third-order valence-electron chi connectivity index (χ3n) is 4.16. The van der Waals surface area contributed by atoms with Crippen LogP contribution in [-0.4, -0.2) is 11.8 Å². The number of carbonyl (C=O) groups is 2. The third-order valence-corrected chi connectivity index (χ3v) is 4.16. The zero-order valence-electron chi connectivity index (χ0n) is 10.3. The Hall–Kier alpha value is -1.84. The molecule has 2 bridgehead atoms. The molecule has 2 amide bonds. The van der Waals surface area contributed by atoms with Crippen LogP contribution in [0.25, 0.3) is 0 Å². The van der Waals surface area contributed by atoms with Gasteiger partial charge in [0.05, 0.1) is 5.69 Å². The molecular weight excluding hydrogens is 228 g/mol. The summed E-state index contributed by atoms with van der Waals surface area (Å²) in [7, 11) is 0. The molecule has 4 nitrogen and oxygen atoms in total. The number of nitrogens with two attached hydrogens (primary N) is 1. The van der Waals surface area contributed by atoms with Gasteiger partial charge in [-0.1, -0.05) is 6.07 Å². The molecule has 2 aliphatic rings. The number of nitrogen functional groups attached to an aromatic ring is 1. The fourth-order valence-electron chi connectivity index (χ4n) is 3.02. The number of fused-ring (bicyclic) bond motifs is 2. The molecule has 1 aliphatic carbocycles. The molecule has 0 spiro atoms. The molecule has 2 N–H and O–H groups in total. The van der Waals surface area contributed by atoms with E-state index >= 15 is 0 Å². The van der Waals surface area contributed by atoms with Gasteiger partial charge in [-0.2, -0.15) is 0 Å². The maximum Gasteiger partial charge on any atom is 0.236 e. The molecule has 1 saturated carbocycles. The highest BCUT2D eigenvalue weighted by Gasteiger charge is 2.46. The van der Waals surface area contributed by atoms with Gasteiger partial charge in [0.2, 0.25) is 11.8 Å². The zero-order chi connectivity index (χ0) is 12.9. The monoisotopic (exact) mass is 244 g/mol. The van der Waals surface area contributed by atoms with Crippen LogP contribution in [0.15, 0.2) is 18.2 Å². The lowest BCUT2D eigenvalue weighted by Crippen LogP contribution is -2.46. The van der Waals surface area contributed by atoms with Gasteiger partial charge >= 0.3 is 0 Å². The number of hydrogen-bond acceptors (Lipinski definition) is 3. The van der Waals surface area contributed by atoms with Crippen molar-refractivity contribution in [1.82, 2.24) is 0 Å². The predicted octanol–water partition coefficient (Wildman–Crippen LogP) is 1.87. The van der Waals surface area contributed by atoms with Crippen LogP contribution in [-0.2, 0) is 9.59 Å². The Morgan fingerprint density at radius 2 is 1.78 bits per heavy atom. The van der Waals surface area contributed by atoms with E-state index in [4.69, 9.17) is 5.73 Å². The lowest BCUT2D eigenvalue weighted by atomic mass is 9.95. The second-order valence-electron chi connectivity index (χ2n) is 5.21. The summed E-state index contributed by atoms with van der Waals surface area (Å²) >= 11 is 0. The Morgan fingerprint density at radius 3 is 2.39 bits per heavy atom. The van der Waals surface area contributed by atoms with Gasteiger partial charge in [0, 0.05) is 17.5 Å². The molecule has 0 radical (unpaired) electrons. The first kappa shape index (κ1) is 11.3. The zero-order valence-corrected chi connectivity index (χ0v) is 10.3. The summed E-state index contributed by atoms with van der Waals surface area (Å²) in [6.07, 6.45) is 2.41. The van der Waals surface area contributed by atoms with Gasteiger partial charge in [-0.15, -0.1) is 0 Å². The average Bonchev–Trinajstić information content (AvgIpc) is 2.79. The van der Waals surface area contributed by atoms with Gasteiger partial charge in [0.15, 0.2) is 0 Å². The maximum absolute atomic E-state index is 12.3. The van der Waals surface area contributed by atoms with Crippen LogP contribution in [0.3, 0.4) is 0 Å². The fourth-order valence-corrected chi connectivity index (χ4v) is 3.02. The molecule has 4 heteroatoms. The smallest absolute Gasteiger partial charge is 0.236 e. The van der Waals surface area contributed by atoms with Crippen LogP contribution in [0.1, 0.15) is 24.8 Å². The number of nitrogens with zero attached hydrogens (tertiary/aromatic N) is 1. The summed E-state index contributed by atoms with van der Waals surface area (Å²) in [6, 6.07) is 5.37. The van der Waals surface area contributed by atoms with Crippen LogP contribution < -0.4 is 10.6 Å². The molecule has 94 valence electrons. The normalized spacial score (nSPS) is 26.8. The number of carbonyl (C=O) groups excluding carboxylic acids is 2. The Morgan fingerprint density at radius 1 is 1.17 bits per heavy atom. The summed E-state index contributed by atoms with van der Waals surface area (Å²) in [6.45, 7) is 1.85. The first-order valence-electron chi connectivity index (χ1n) is 6.32. The standard InChI is InChI=1S/C14H16N2O2/c1-8-11(15)3-2-4-12(8)16-13(17)9-5-6-10(7-9)14(16)18/h2-4,9-10H,5-7,15H2,1H3. The van der Waals surface area contributed by atoms with E-state index in [1.54, 1.807) is 18.2 Å². The van der Waals surface area contributed by atoms with E-state index in [0.29, 0.717) is 11.4 Å². The minimum atomic E-state index is -0.0533. The fraction of sp³-hybridized carbons (Fsp3) is 0.429. The Balaban J connectivity index is 2.08. The van der Waals surface area contributed by atoms with Gasteiger partial charge in [-0.3, -0.25) is 9.59 Å². The second-order valence-corrected chi connectivity index (χ2v) is 5.21. The van der Waals surface area contributed by atoms with E-state index < -0.39 is 0 Å². The number of benzene rings is 1. The minimum absolute atomic E-state index is 0.0218. The summed E-state index contributed by atoms with van der Waals surface area (Å²) in [5.41, 5.74) is 7.93. The summed E-state index contributed by atoms with van der Waals surface area (Å²) in [5, 5.41) is 0. The highest BCUT2D eigenvalue weighted by Crippen LogP contribution is 2.41. The molecule has 18 heavy (non-hydrogen) atoms. The second kappa shape index (κ2) is 3.83. The summed E-state index contributed by atoms with van der Waals surface area (Å²) in [5.74, 6) is -0.0630. The largest absolute Gasteiger partial charge is 0.398 e. The van der Waals surface area contributed by atoms with Crippen LogP contribution in [0, 0.1) is 18.8 Å². The highest BCUT2D eigenvalue weighted by atomic mass is 16.2. The first-order chi connectivity index (χ1) is 8.59. The number of amides is 2. The molecule has 1 aliphatic heterocycles. The van der Waals surface area contributed by atoms with Crippen molar-refractivity contribution in [1.29, 1.82) is 0 Å². The molecule has 2 fully saturated rings. The van der Waals surface area contributed by atoms with E-state index in [9.17, 15) is 9.59 Å². The van der Waals surface area contributed by atoms with E-state index in [0.717, 1.165) is 24.8 Å². The van der Waals surface area contributed by atoms with Crippen molar-refractivity contribution < 1.29 is 9.59 Å². The minimum Gasteiger partial charge on any atom is -0.398 e. The number of piperidine rings is 1. The maximum atomic E-state index is 12.3. The Kier molecular flexibility index (Phi) is 2.40. The molecule has 1 aromatic rings. The van der Waals surface area contributed by atoms with E-state index in [-0.39, 0.29) is 23.7 Å².